The fourth-order valence-corrected chi connectivity index (χ4v) is 2.92. The topological polar surface area (TPSA) is 38.8 Å². The van der Waals surface area contributed by atoms with Crippen LogP contribution in [-0.2, 0) is 17.8 Å². The zero-order valence-electron chi connectivity index (χ0n) is 12.5. The van der Waals surface area contributed by atoms with Gasteiger partial charge in [0.25, 0.3) is 0 Å². The van der Waals surface area contributed by atoms with E-state index in [4.69, 9.17) is 32.7 Å². The Hall–Kier alpha value is -1.91. The Balaban J connectivity index is 1.68. The second-order valence-corrected chi connectivity index (χ2v) is 6.13. The minimum atomic E-state index is -0.0577. The molecule has 120 valence electrons. The molecule has 0 N–H and O–H groups in total. The average Bonchev–Trinajstić information content (AvgIpc) is 2.98. The van der Waals surface area contributed by atoms with Crippen molar-refractivity contribution < 1.29 is 14.3 Å². The van der Waals surface area contributed by atoms with Crippen molar-refractivity contribution in [3.63, 3.8) is 0 Å². The third-order valence-corrected chi connectivity index (χ3v) is 4.38. The van der Waals surface area contributed by atoms with Gasteiger partial charge in [-0.05, 0) is 35.4 Å². The Bertz CT molecular complexity index is 728. The van der Waals surface area contributed by atoms with Crippen LogP contribution in [0.5, 0.6) is 11.5 Å². The first-order valence-corrected chi connectivity index (χ1v) is 7.85. The maximum Gasteiger partial charge on any atom is 0.231 e. The van der Waals surface area contributed by atoms with Crippen LogP contribution >= 0.6 is 23.2 Å². The first kappa shape index (κ1) is 16.0. The van der Waals surface area contributed by atoms with Crippen molar-refractivity contribution in [2.45, 2.75) is 13.0 Å². The number of carbonyl (C=O) groups excluding carboxylic acids is 1. The van der Waals surface area contributed by atoms with Crippen molar-refractivity contribution in [3.05, 3.63) is 57.6 Å². The number of hydrogen-bond acceptors (Lipinski definition) is 3. The SMILES string of the molecule is CN(Cc1ccc2c(c1)OCO2)C(=O)Cc1c(Cl)cccc1Cl. The normalized spacial score (nSPS) is 12.3. The Kier molecular flexibility index (Phi) is 4.64. The fourth-order valence-electron chi connectivity index (χ4n) is 2.39. The first-order valence-electron chi connectivity index (χ1n) is 7.10. The summed E-state index contributed by atoms with van der Waals surface area (Å²) >= 11 is 12.2. The number of likely N-dealkylation sites (N-methyl/N-ethyl adjacent to an activating group) is 1. The van der Waals surface area contributed by atoms with Gasteiger partial charge in [-0.3, -0.25) is 4.79 Å². The molecule has 1 amide bonds. The quantitative estimate of drug-likeness (QED) is 0.837. The maximum absolute atomic E-state index is 12.4. The van der Waals surface area contributed by atoms with E-state index in [1.54, 1.807) is 30.1 Å². The molecule has 0 aliphatic carbocycles. The Morgan fingerprint density at radius 3 is 2.57 bits per heavy atom. The molecule has 0 radical (unpaired) electrons. The van der Waals surface area contributed by atoms with Crippen LogP contribution in [0.15, 0.2) is 36.4 Å². The molecular formula is C17H15Cl2NO3. The summed E-state index contributed by atoms with van der Waals surface area (Å²) in [7, 11) is 1.75. The highest BCUT2D eigenvalue weighted by Gasteiger charge is 2.17. The zero-order valence-corrected chi connectivity index (χ0v) is 14.0. The monoisotopic (exact) mass is 351 g/mol. The number of halogens is 2. The van der Waals surface area contributed by atoms with Gasteiger partial charge in [0.05, 0.1) is 6.42 Å². The summed E-state index contributed by atoms with van der Waals surface area (Å²) < 4.78 is 10.6. The van der Waals surface area contributed by atoms with Crippen LogP contribution in [0.25, 0.3) is 0 Å². The van der Waals surface area contributed by atoms with Gasteiger partial charge in [-0.15, -0.1) is 0 Å². The lowest BCUT2D eigenvalue weighted by atomic mass is 10.1. The average molecular weight is 352 g/mol. The number of amides is 1. The lowest BCUT2D eigenvalue weighted by Gasteiger charge is -2.18. The zero-order chi connectivity index (χ0) is 16.4. The van der Waals surface area contributed by atoms with Crippen LogP contribution < -0.4 is 9.47 Å². The van der Waals surface area contributed by atoms with Crippen LogP contribution in [-0.4, -0.2) is 24.6 Å². The van der Waals surface area contributed by atoms with E-state index in [0.29, 0.717) is 27.9 Å². The molecule has 0 saturated heterocycles. The highest BCUT2D eigenvalue weighted by atomic mass is 35.5. The molecule has 1 aliphatic rings. The van der Waals surface area contributed by atoms with E-state index >= 15 is 0 Å². The second kappa shape index (κ2) is 6.69. The summed E-state index contributed by atoms with van der Waals surface area (Å²) in [6.45, 7) is 0.704. The molecule has 1 heterocycles. The van der Waals surface area contributed by atoms with Gasteiger partial charge < -0.3 is 14.4 Å². The standard InChI is InChI=1S/C17H15Cl2NO3/c1-20(9-11-5-6-15-16(7-11)23-10-22-15)17(21)8-12-13(18)3-2-4-14(12)19/h2-7H,8-10H2,1H3. The third-order valence-electron chi connectivity index (χ3n) is 3.67. The maximum atomic E-state index is 12.4. The van der Waals surface area contributed by atoms with E-state index in [1.165, 1.54) is 0 Å². The largest absolute Gasteiger partial charge is 0.454 e. The fraction of sp³-hybridized carbons (Fsp3) is 0.235. The van der Waals surface area contributed by atoms with Crippen molar-refractivity contribution in [2.75, 3.05) is 13.8 Å². The predicted octanol–water partition coefficient (Wildman–Crippen LogP) is 3.92. The number of fused-ring (bicyclic) bond motifs is 1. The summed E-state index contributed by atoms with van der Waals surface area (Å²) in [5.74, 6) is 1.38. The first-order chi connectivity index (χ1) is 11.0. The summed E-state index contributed by atoms with van der Waals surface area (Å²) in [5, 5.41) is 1.00. The number of ether oxygens (including phenoxy) is 2. The van der Waals surface area contributed by atoms with Gasteiger partial charge in [0.1, 0.15) is 0 Å². The molecule has 0 fully saturated rings. The Labute approximate surface area is 144 Å². The van der Waals surface area contributed by atoms with Crippen molar-refractivity contribution in [1.29, 1.82) is 0 Å². The van der Waals surface area contributed by atoms with E-state index in [2.05, 4.69) is 0 Å². The number of hydrogen-bond donors (Lipinski definition) is 0. The van der Waals surface area contributed by atoms with Gasteiger partial charge in [-0.2, -0.15) is 0 Å². The van der Waals surface area contributed by atoms with Gasteiger partial charge in [0.2, 0.25) is 12.7 Å². The van der Waals surface area contributed by atoms with E-state index in [1.807, 2.05) is 18.2 Å². The lowest BCUT2D eigenvalue weighted by molar-refractivity contribution is -0.129. The van der Waals surface area contributed by atoms with Gasteiger partial charge in [0.15, 0.2) is 11.5 Å². The van der Waals surface area contributed by atoms with E-state index in [-0.39, 0.29) is 19.1 Å². The van der Waals surface area contributed by atoms with Gasteiger partial charge in [-0.1, -0.05) is 35.3 Å². The smallest absolute Gasteiger partial charge is 0.231 e. The highest BCUT2D eigenvalue weighted by Crippen LogP contribution is 2.33. The van der Waals surface area contributed by atoms with E-state index < -0.39 is 0 Å². The van der Waals surface area contributed by atoms with Crippen LogP contribution in [0.4, 0.5) is 0 Å². The molecule has 0 aromatic heterocycles. The molecular weight excluding hydrogens is 337 g/mol. The molecule has 0 spiro atoms. The van der Waals surface area contributed by atoms with Gasteiger partial charge in [0, 0.05) is 23.6 Å². The molecule has 2 aromatic carbocycles. The molecule has 2 aromatic rings. The number of carbonyl (C=O) groups is 1. The molecule has 23 heavy (non-hydrogen) atoms. The molecule has 0 saturated carbocycles. The molecule has 0 bridgehead atoms. The number of benzene rings is 2. The summed E-state index contributed by atoms with van der Waals surface area (Å²) in [6, 6.07) is 10.9. The molecule has 1 aliphatic heterocycles. The second-order valence-electron chi connectivity index (χ2n) is 5.31. The Morgan fingerprint density at radius 2 is 1.83 bits per heavy atom. The van der Waals surface area contributed by atoms with Crippen LogP contribution in [0.3, 0.4) is 0 Å². The van der Waals surface area contributed by atoms with Crippen molar-refractivity contribution in [2.24, 2.45) is 0 Å². The molecule has 4 nitrogen and oxygen atoms in total. The van der Waals surface area contributed by atoms with Crippen molar-refractivity contribution in [3.8, 4) is 11.5 Å². The summed E-state index contributed by atoms with van der Waals surface area (Å²) in [6.07, 6.45) is 0.166. The van der Waals surface area contributed by atoms with Crippen LogP contribution in [0.1, 0.15) is 11.1 Å². The minimum absolute atomic E-state index is 0.0577. The van der Waals surface area contributed by atoms with E-state index in [9.17, 15) is 4.79 Å². The highest BCUT2D eigenvalue weighted by molar-refractivity contribution is 6.36. The molecule has 6 heteroatoms. The Morgan fingerprint density at radius 1 is 1.13 bits per heavy atom. The van der Waals surface area contributed by atoms with Crippen molar-refractivity contribution in [1.82, 2.24) is 4.90 Å². The van der Waals surface area contributed by atoms with E-state index in [0.717, 1.165) is 11.3 Å². The van der Waals surface area contributed by atoms with Crippen LogP contribution in [0, 0.1) is 0 Å². The van der Waals surface area contributed by atoms with Crippen LogP contribution in [0.2, 0.25) is 10.0 Å². The molecule has 0 atom stereocenters. The lowest BCUT2D eigenvalue weighted by Crippen LogP contribution is -2.27. The minimum Gasteiger partial charge on any atom is -0.454 e. The molecule has 3 rings (SSSR count). The van der Waals surface area contributed by atoms with Gasteiger partial charge in [-0.25, -0.2) is 0 Å². The number of rotatable bonds is 4. The number of nitrogens with zero attached hydrogens (tertiary/aromatic N) is 1. The van der Waals surface area contributed by atoms with Gasteiger partial charge >= 0.3 is 0 Å². The predicted molar refractivity (Wildman–Crippen MR) is 89.2 cm³/mol. The summed E-state index contributed by atoms with van der Waals surface area (Å²) in [5.41, 5.74) is 1.62. The summed E-state index contributed by atoms with van der Waals surface area (Å²) in [4.78, 5) is 14.0. The third kappa shape index (κ3) is 3.54. The van der Waals surface area contributed by atoms with Crippen molar-refractivity contribution >= 4 is 29.1 Å². The molecule has 0 unspecified atom stereocenters.